The van der Waals surface area contributed by atoms with Gasteiger partial charge in [-0.1, -0.05) is 30.3 Å². The minimum atomic E-state index is 0.217. The Morgan fingerprint density at radius 3 is 2.64 bits per heavy atom. The number of aromatic nitrogens is 3. The summed E-state index contributed by atoms with van der Waals surface area (Å²) < 4.78 is 2.11. The number of hydrogen-bond acceptors (Lipinski definition) is 4. The largest absolute Gasteiger partial charge is 0.342 e. The number of aryl methyl sites for hydroxylation is 1. The second kappa shape index (κ2) is 8.25. The van der Waals surface area contributed by atoms with Crippen LogP contribution >= 0.6 is 0 Å². The first-order valence-electron chi connectivity index (χ1n) is 9.05. The highest BCUT2D eigenvalue weighted by atomic mass is 16.2. The van der Waals surface area contributed by atoms with E-state index in [9.17, 15) is 4.79 Å². The molecule has 2 heterocycles. The van der Waals surface area contributed by atoms with Gasteiger partial charge in [-0.15, -0.1) is 10.2 Å². The number of nitrogens with zero attached hydrogens (tertiary/aromatic N) is 5. The molecular weight excluding hydrogens is 314 g/mol. The van der Waals surface area contributed by atoms with Crippen LogP contribution in [0.1, 0.15) is 37.1 Å². The van der Waals surface area contributed by atoms with Crippen LogP contribution in [0, 0.1) is 0 Å². The lowest BCUT2D eigenvalue weighted by atomic mass is 9.96. The molecule has 3 rings (SSSR count). The summed E-state index contributed by atoms with van der Waals surface area (Å²) in [4.78, 5) is 16.6. The molecule has 0 N–H and O–H groups in total. The van der Waals surface area contributed by atoms with E-state index in [4.69, 9.17) is 0 Å². The third-order valence-electron chi connectivity index (χ3n) is 4.90. The first-order valence-corrected chi connectivity index (χ1v) is 9.05. The van der Waals surface area contributed by atoms with Crippen molar-refractivity contribution in [2.45, 2.75) is 38.8 Å². The molecule has 0 unspecified atom stereocenters. The summed E-state index contributed by atoms with van der Waals surface area (Å²) in [5, 5.41) is 8.30. The predicted octanol–water partition coefficient (Wildman–Crippen LogP) is 2.14. The Labute approximate surface area is 149 Å². The smallest absolute Gasteiger partial charge is 0.236 e. The first-order chi connectivity index (χ1) is 12.2. The van der Waals surface area contributed by atoms with Crippen LogP contribution in [0.5, 0.6) is 0 Å². The number of rotatable bonds is 6. The highest BCUT2D eigenvalue weighted by Gasteiger charge is 2.27. The average Bonchev–Trinajstić information content (AvgIpc) is 3.11. The lowest BCUT2D eigenvalue weighted by Gasteiger charge is -2.32. The Hall–Kier alpha value is -2.21. The summed E-state index contributed by atoms with van der Waals surface area (Å²) in [6.07, 6.45) is 3.73. The van der Waals surface area contributed by atoms with Crippen molar-refractivity contribution in [2.24, 2.45) is 0 Å². The topological polar surface area (TPSA) is 54.3 Å². The summed E-state index contributed by atoms with van der Waals surface area (Å²) in [6, 6.07) is 10.3. The van der Waals surface area contributed by atoms with Crippen molar-refractivity contribution in [3.8, 4) is 0 Å². The van der Waals surface area contributed by atoms with Gasteiger partial charge in [0, 0.05) is 32.1 Å². The Morgan fingerprint density at radius 1 is 1.24 bits per heavy atom. The molecule has 2 aromatic rings. The highest BCUT2D eigenvalue weighted by molar-refractivity contribution is 5.78. The second-order valence-electron chi connectivity index (χ2n) is 6.79. The van der Waals surface area contributed by atoms with Crippen LogP contribution in [0.2, 0.25) is 0 Å². The van der Waals surface area contributed by atoms with E-state index < -0.39 is 0 Å². The van der Waals surface area contributed by atoms with Crippen molar-refractivity contribution in [1.29, 1.82) is 0 Å². The van der Waals surface area contributed by atoms with Gasteiger partial charge >= 0.3 is 0 Å². The number of carbonyl (C=O) groups is 1. The minimum Gasteiger partial charge on any atom is -0.342 e. The Kier molecular flexibility index (Phi) is 5.81. The van der Waals surface area contributed by atoms with Gasteiger partial charge in [0.25, 0.3) is 0 Å². The van der Waals surface area contributed by atoms with Gasteiger partial charge in [-0.3, -0.25) is 9.69 Å². The molecule has 1 aliphatic rings. The fourth-order valence-electron chi connectivity index (χ4n) is 3.49. The molecule has 6 heteroatoms. The van der Waals surface area contributed by atoms with Crippen molar-refractivity contribution in [1.82, 2.24) is 24.6 Å². The Balaban J connectivity index is 1.48. The van der Waals surface area contributed by atoms with Crippen LogP contribution in [0.15, 0.2) is 36.7 Å². The van der Waals surface area contributed by atoms with Gasteiger partial charge in [0.2, 0.25) is 5.91 Å². The first kappa shape index (κ1) is 17.6. The van der Waals surface area contributed by atoms with E-state index in [-0.39, 0.29) is 5.91 Å². The van der Waals surface area contributed by atoms with Gasteiger partial charge in [0.05, 0.1) is 6.54 Å². The third-order valence-corrected chi connectivity index (χ3v) is 4.90. The van der Waals surface area contributed by atoms with Gasteiger partial charge in [-0.25, -0.2) is 0 Å². The van der Waals surface area contributed by atoms with Crippen LogP contribution in [0.4, 0.5) is 0 Å². The molecular formula is C19H27N5O. The van der Waals surface area contributed by atoms with E-state index in [0.717, 1.165) is 44.8 Å². The lowest BCUT2D eigenvalue weighted by molar-refractivity contribution is -0.133. The Morgan fingerprint density at radius 2 is 1.96 bits per heavy atom. The number of amides is 1. The summed E-state index contributed by atoms with van der Waals surface area (Å²) in [6.45, 7) is 5.87. The van der Waals surface area contributed by atoms with Gasteiger partial charge < -0.3 is 9.47 Å². The molecule has 1 fully saturated rings. The molecule has 1 amide bonds. The normalized spacial score (nSPS) is 15.7. The van der Waals surface area contributed by atoms with Gasteiger partial charge in [0.15, 0.2) is 0 Å². The van der Waals surface area contributed by atoms with Crippen LogP contribution in [0.25, 0.3) is 0 Å². The molecule has 1 aliphatic heterocycles. The number of hydrogen-bond donors (Lipinski definition) is 0. The van der Waals surface area contributed by atoms with E-state index in [1.165, 1.54) is 5.56 Å². The minimum absolute atomic E-state index is 0.217. The number of carbonyl (C=O) groups excluding carboxylic acids is 1. The zero-order valence-electron chi connectivity index (χ0n) is 15.1. The summed E-state index contributed by atoms with van der Waals surface area (Å²) >= 11 is 0. The SMILES string of the molecule is CCn1cnnc1C1CCN(C(=O)CN(C)Cc2ccccc2)CC1. The second-order valence-corrected chi connectivity index (χ2v) is 6.79. The molecule has 0 atom stereocenters. The molecule has 6 nitrogen and oxygen atoms in total. The molecule has 0 aliphatic carbocycles. The standard InChI is InChI=1S/C19H27N5O/c1-3-23-15-20-21-19(23)17-9-11-24(12-10-17)18(25)14-22(2)13-16-7-5-4-6-8-16/h4-8,15,17H,3,9-14H2,1-2H3. The van der Waals surface area contributed by atoms with Crippen molar-refractivity contribution in [2.75, 3.05) is 26.7 Å². The fraction of sp³-hybridized carbons (Fsp3) is 0.526. The van der Waals surface area contributed by atoms with E-state index in [1.54, 1.807) is 6.33 Å². The van der Waals surface area contributed by atoms with Crippen molar-refractivity contribution in [3.05, 3.63) is 48.0 Å². The molecule has 0 bridgehead atoms. The Bertz CT molecular complexity index is 676. The lowest BCUT2D eigenvalue weighted by Crippen LogP contribution is -2.43. The van der Waals surface area contributed by atoms with E-state index in [2.05, 4.69) is 38.7 Å². The molecule has 134 valence electrons. The predicted molar refractivity (Wildman–Crippen MR) is 97.0 cm³/mol. The van der Waals surface area contributed by atoms with E-state index in [1.807, 2.05) is 30.1 Å². The summed E-state index contributed by atoms with van der Waals surface area (Å²) in [5.41, 5.74) is 1.23. The van der Waals surface area contributed by atoms with Crippen LogP contribution < -0.4 is 0 Å². The van der Waals surface area contributed by atoms with Crippen LogP contribution in [0.3, 0.4) is 0 Å². The molecule has 0 radical (unpaired) electrons. The van der Waals surface area contributed by atoms with Gasteiger partial charge in [-0.05, 0) is 32.4 Å². The van der Waals surface area contributed by atoms with Crippen molar-refractivity contribution < 1.29 is 4.79 Å². The average molecular weight is 341 g/mol. The number of benzene rings is 1. The molecule has 1 aromatic carbocycles. The van der Waals surface area contributed by atoms with Gasteiger partial charge in [-0.2, -0.15) is 0 Å². The fourth-order valence-corrected chi connectivity index (χ4v) is 3.49. The zero-order chi connectivity index (χ0) is 17.6. The van der Waals surface area contributed by atoms with Gasteiger partial charge in [0.1, 0.15) is 12.2 Å². The van der Waals surface area contributed by atoms with E-state index in [0.29, 0.717) is 12.5 Å². The zero-order valence-corrected chi connectivity index (χ0v) is 15.1. The number of piperidine rings is 1. The summed E-state index contributed by atoms with van der Waals surface area (Å²) in [5.74, 6) is 1.69. The maximum absolute atomic E-state index is 12.6. The monoisotopic (exact) mass is 341 g/mol. The quantitative estimate of drug-likeness (QED) is 0.808. The maximum atomic E-state index is 12.6. The van der Waals surface area contributed by atoms with Crippen molar-refractivity contribution in [3.63, 3.8) is 0 Å². The maximum Gasteiger partial charge on any atom is 0.236 e. The van der Waals surface area contributed by atoms with Crippen LogP contribution in [-0.4, -0.2) is 57.2 Å². The molecule has 1 aromatic heterocycles. The third kappa shape index (κ3) is 4.45. The summed E-state index contributed by atoms with van der Waals surface area (Å²) in [7, 11) is 2.00. The van der Waals surface area contributed by atoms with Crippen LogP contribution in [-0.2, 0) is 17.9 Å². The molecule has 0 saturated carbocycles. The number of likely N-dealkylation sites (tertiary alicyclic amines) is 1. The van der Waals surface area contributed by atoms with Crippen molar-refractivity contribution >= 4 is 5.91 Å². The number of likely N-dealkylation sites (N-methyl/N-ethyl adjacent to an activating group) is 1. The molecule has 25 heavy (non-hydrogen) atoms. The highest BCUT2D eigenvalue weighted by Crippen LogP contribution is 2.26. The molecule has 0 spiro atoms. The van der Waals surface area contributed by atoms with E-state index >= 15 is 0 Å². The molecule has 1 saturated heterocycles.